The second kappa shape index (κ2) is 5.39. The van der Waals surface area contributed by atoms with Crippen LogP contribution in [0.2, 0.25) is 0 Å². The van der Waals surface area contributed by atoms with Crippen LogP contribution in [0.25, 0.3) is 0 Å². The smallest absolute Gasteiger partial charge is 0.259 e. The molecule has 1 aliphatic heterocycles. The van der Waals surface area contributed by atoms with Crippen molar-refractivity contribution in [3.63, 3.8) is 0 Å². The maximum atomic E-state index is 14.9. The van der Waals surface area contributed by atoms with Crippen molar-refractivity contribution in [2.24, 2.45) is 0 Å². The van der Waals surface area contributed by atoms with E-state index in [0.717, 1.165) is 12.8 Å². The van der Waals surface area contributed by atoms with Gasteiger partial charge >= 0.3 is 0 Å². The van der Waals surface area contributed by atoms with Gasteiger partial charge in [-0.2, -0.15) is 0 Å². The molecule has 0 aromatic carbocycles. The van der Waals surface area contributed by atoms with E-state index in [1.807, 2.05) is 20.8 Å². The lowest BCUT2D eigenvalue weighted by atomic mass is 9.91. The van der Waals surface area contributed by atoms with Crippen LogP contribution in [0.1, 0.15) is 45.7 Å². The zero-order valence-corrected chi connectivity index (χ0v) is 13.7. The Balaban J connectivity index is 1.80. The van der Waals surface area contributed by atoms with Crippen LogP contribution >= 0.6 is 0 Å². The van der Waals surface area contributed by atoms with Gasteiger partial charge in [-0.05, 0) is 12.8 Å². The number of alkyl halides is 1. The van der Waals surface area contributed by atoms with E-state index in [0.29, 0.717) is 5.69 Å². The molecule has 0 radical (unpaired) electrons. The lowest BCUT2D eigenvalue weighted by molar-refractivity contribution is -0.131. The van der Waals surface area contributed by atoms with Gasteiger partial charge in [0.25, 0.3) is 5.91 Å². The summed E-state index contributed by atoms with van der Waals surface area (Å²) in [4.78, 5) is 21.6. The van der Waals surface area contributed by atoms with Crippen LogP contribution in [0.3, 0.4) is 0 Å². The first-order valence-electron chi connectivity index (χ1n) is 7.96. The Morgan fingerprint density at radius 1 is 1.39 bits per heavy atom. The van der Waals surface area contributed by atoms with E-state index in [1.165, 1.54) is 11.2 Å². The fourth-order valence-electron chi connectivity index (χ4n) is 2.79. The van der Waals surface area contributed by atoms with Gasteiger partial charge in [-0.25, -0.2) is 18.7 Å². The highest BCUT2D eigenvalue weighted by molar-refractivity contribution is 5.87. The molecule has 0 spiro atoms. The molecule has 2 fully saturated rings. The van der Waals surface area contributed by atoms with Crippen LogP contribution in [0.4, 0.5) is 14.6 Å². The number of amides is 1. The first-order valence-corrected chi connectivity index (χ1v) is 7.96. The van der Waals surface area contributed by atoms with Gasteiger partial charge in [0.2, 0.25) is 5.67 Å². The van der Waals surface area contributed by atoms with Gasteiger partial charge in [-0.1, -0.05) is 20.8 Å². The normalized spacial score (nSPS) is 24.8. The van der Waals surface area contributed by atoms with E-state index < -0.39 is 22.8 Å². The number of hydrogen-bond acceptors (Lipinski definition) is 4. The average molecular weight is 324 g/mol. The molecule has 2 heterocycles. The summed E-state index contributed by atoms with van der Waals surface area (Å²) in [6, 6.07) is 0.104. The number of nitrogens with zero attached hydrogens (tertiary/aromatic N) is 3. The Hall–Kier alpha value is -1.79. The van der Waals surface area contributed by atoms with Crippen LogP contribution in [0.5, 0.6) is 0 Å². The van der Waals surface area contributed by atoms with E-state index in [1.54, 1.807) is 0 Å². The quantitative estimate of drug-likeness (QED) is 0.925. The molecule has 1 aliphatic carbocycles. The zero-order valence-electron chi connectivity index (χ0n) is 13.7. The zero-order chi connectivity index (χ0) is 16.8. The number of hydrogen-bond donors (Lipinski definition) is 1. The molecule has 1 saturated heterocycles. The Labute approximate surface area is 134 Å². The summed E-state index contributed by atoms with van der Waals surface area (Å²) in [6.45, 7) is 5.65. The predicted octanol–water partition coefficient (Wildman–Crippen LogP) is 2.11. The van der Waals surface area contributed by atoms with Gasteiger partial charge in [-0.15, -0.1) is 0 Å². The minimum absolute atomic E-state index is 0.0415. The Morgan fingerprint density at radius 2 is 2.09 bits per heavy atom. The minimum atomic E-state index is -1.98. The number of carbonyl (C=O) groups excluding carboxylic acids is 1. The highest BCUT2D eigenvalue weighted by atomic mass is 19.1. The summed E-state index contributed by atoms with van der Waals surface area (Å²) in [5.74, 6) is -1.05. The molecule has 7 heteroatoms. The number of nitrogens with one attached hydrogen (secondary N) is 1. The molecule has 1 aromatic heterocycles. The van der Waals surface area contributed by atoms with Gasteiger partial charge in [0.1, 0.15) is 6.33 Å². The van der Waals surface area contributed by atoms with Crippen LogP contribution in [-0.4, -0.2) is 40.7 Å². The average Bonchev–Trinajstić information content (AvgIpc) is 3.18. The highest BCUT2D eigenvalue weighted by Crippen LogP contribution is 2.34. The third kappa shape index (κ3) is 3.14. The van der Waals surface area contributed by atoms with Crippen molar-refractivity contribution in [2.45, 2.75) is 57.2 Å². The molecule has 1 amide bonds. The van der Waals surface area contributed by atoms with Crippen molar-refractivity contribution in [3.05, 3.63) is 17.8 Å². The van der Waals surface area contributed by atoms with E-state index in [-0.39, 0.29) is 31.4 Å². The first-order chi connectivity index (χ1) is 10.7. The largest absolute Gasteiger partial charge is 0.351 e. The molecule has 2 aliphatic rings. The molecule has 3 rings (SSSR count). The molecular formula is C16H22F2N4O. The van der Waals surface area contributed by atoms with Gasteiger partial charge in [0.05, 0.1) is 12.2 Å². The third-order valence-corrected chi connectivity index (χ3v) is 4.32. The van der Waals surface area contributed by atoms with E-state index in [9.17, 15) is 13.6 Å². The summed E-state index contributed by atoms with van der Waals surface area (Å²) >= 11 is 0. The molecule has 1 atom stereocenters. The maximum Gasteiger partial charge on any atom is 0.259 e. The SMILES string of the molecule is CC(C)(C)c1ncnc(N2CCC(F)(C(=O)NC3CC3)C2)c1F. The maximum absolute atomic E-state index is 14.9. The molecule has 1 aromatic rings. The number of carbonyl (C=O) groups is 1. The fourth-order valence-corrected chi connectivity index (χ4v) is 2.79. The van der Waals surface area contributed by atoms with Crippen molar-refractivity contribution in [2.75, 3.05) is 18.0 Å². The first kappa shape index (κ1) is 16.1. The molecule has 0 bridgehead atoms. The molecule has 1 unspecified atom stereocenters. The molecule has 5 nitrogen and oxygen atoms in total. The molecule has 1 saturated carbocycles. The van der Waals surface area contributed by atoms with Crippen LogP contribution < -0.4 is 10.2 Å². The van der Waals surface area contributed by atoms with Gasteiger partial charge in [-0.3, -0.25) is 4.79 Å². The molecule has 23 heavy (non-hydrogen) atoms. The lowest BCUT2D eigenvalue weighted by Gasteiger charge is -2.24. The van der Waals surface area contributed by atoms with Gasteiger partial charge < -0.3 is 10.2 Å². The standard InChI is InChI=1S/C16H22F2N4O/c1-15(2,3)12-11(17)13(20-9-19-12)22-7-6-16(18,8-22)14(23)21-10-4-5-10/h9-10H,4-8H2,1-3H3,(H,21,23). The molecule has 1 N–H and O–H groups in total. The van der Waals surface area contributed by atoms with Crippen LogP contribution in [-0.2, 0) is 10.2 Å². The number of aromatic nitrogens is 2. The van der Waals surface area contributed by atoms with Crippen molar-refractivity contribution < 1.29 is 13.6 Å². The Kier molecular flexibility index (Phi) is 3.77. The van der Waals surface area contributed by atoms with Gasteiger partial charge in [0, 0.05) is 24.4 Å². The monoisotopic (exact) mass is 324 g/mol. The van der Waals surface area contributed by atoms with Crippen LogP contribution in [0, 0.1) is 5.82 Å². The molecular weight excluding hydrogens is 302 g/mol. The lowest BCUT2D eigenvalue weighted by Crippen LogP contribution is -2.46. The minimum Gasteiger partial charge on any atom is -0.351 e. The predicted molar refractivity (Wildman–Crippen MR) is 82.5 cm³/mol. The van der Waals surface area contributed by atoms with Crippen molar-refractivity contribution in [1.82, 2.24) is 15.3 Å². The Bertz CT molecular complexity index is 627. The fraction of sp³-hybridized carbons (Fsp3) is 0.688. The van der Waals surface area contributed by atoms with E-state index in [4.69, 9.17) is 0 Å². The Morgan fingerprint density at radius 3 is 2.70 bits per heavy atom. The van der Waals surface area contributed by atoms with Crippen molar-refractivity contribution in [3.8, 4) is 0 Å². The number of anilines is 1. The van der Waals surface area contributed by atoms with Gasteiger partial charge in [0.15, 0.2) is 11.6 Å². The summed E-state index contributed by atoms with van der Waals surface area (Å²) < 4.78 is 29.6. The van der Waals surface area contributed by atoms with E-state index >= 15 is 0 Å². The summed E-state index contributed by atoms with van der Waals surface area (Å²) in [5.41, 5.74) is -2.17. The topological polar surface area (TPSA) is 58.1 Å². The van der Waals surface area contributed by atoms with E-state index in [2.05, 4.69) is 15.3 Å². The second-order valence-corrected chi connectivity index (χ2v) is 7.49. The highest BCUT2D eigenvalue weighted by Gasteiger charge is 2.47. The summed E-state index contributed by atoms with van der Waals surface area (Å²) in [6.07, 6.45) is 3.14. The third-order valence-electron chi connectivity index (χ3n) is 4.32. The van der Waals surface area contributed by atoms with Crippen molar-refractivity contribution >= 4 is 11.7 Å². The number of rotatable bonds is 3. The summed E-state index contributed by atoms with van der Waals surface area (Å²) in [7, 11) is 0. The van der Waals surface area contributed by atoms with Crippen molar-refractivity contribution in [1.29, 1.82) is 0 Å². The van der Waals surface area contributed by atoms with Crippen LogP contribution in [0.15, 0.2) is 6.33 Å². The molecule has 126 valence electrons. The number of halogens is 2. The summed E-state index contributed by atoms with van der Waals surface area (Å²) in [5, 5.41) is 2.69. The second-order valence-electron chi connectivity index (χ2n) is 7.49.